The number of sulfonamides is 1. The largest absolute Gasteiger partial charge is 0.481 e. The number of aryl methyl sites for hydroxylation is 2. The van der Waals surface area contributed by atoms with E-state index in [-0.39, 0.29) is 37.0 Å². The number of aliphatic carboxylic acids is 1. The zero-order valence-electron chi connectivity index (χ0n) is 24.4. The van der Waals surface area contributed by atoms with Crippen LogP contribution in [0.2, 0.25) is 0 Å². The normalized spacial score (nSPS) is 13.3. The maximum absolute atomic E-state index is 13.8. The lowest BCUT2D eigenvalue weighted by Gasteiger charge is -2.29. The minimum Gasteiger partial charge on any atom is -0.481 e. The topological polar surface area (TPSA) is 120 Å². The third-order valence-electron chi connectivity index (χ3n) is 7.10. The Morgan fingerprint density at radius 1 is 1.02 bits per heavy atom. The number of carboxylic acid groups (broad SMARTS) is 1. The SMILES string of the molecule is CN(C[C@H](O)CNC(C)(C)CCCc1ccccn1)S(=O)(=O)c1cc(-c2ccc(CCC(=O)O)cc2)cc(C(F)(F)F)c1. The second-order valence-electron chi connectivity index (χ2n) is 11.2. The number of benzene rings is 2. The van der Waals surface area contributed by atoms with Crippen LogP contribution < -0.4 is 5.32 Å². The fourth-order valence-electron chi connectivity index (χ4n) is 4.57. The fraction of sp³-hybridized carbons (Fsp3) is 0.419. The number of alkyl halides is 3. The van der Waals surface area contributed by atoms with Crippen molar-refractivity contribution in [3.8, 4) is 11.1 Å². The number of carboxylic acids is 1. The first kappa shape index (κ1) is 34.2. The van der Waals surface area contributed by atoms with E-state index in [4.69, 9.17) is 5.11 Å². The number of halogens is 3. The number of carbonyl (C=O) groups is 1. The van der Waals surface area contributed by atoms with E-state index in [1.807, 2.05) is 32.0 Å². The third kappa shape index (κ3) is 10.4. The van der Waals surface area contributed by atoms with E-state index in [0.717, 1.165) is 35.3 Å². The molecule has 0 amide bonds. The van der Waals surface area contributed by atoms with Crippen LogP contribution in [-0.4, -0.2) is 65.7 Å². The second-order valence-corrected chi connectivity index (χ2v) is 13.3. The molecule has 1 aromatic heterocycles. The van der Waals surface area contributed by atoms with Gasteiger partial charge in [-0.15, -0.1) is 0 Å². The van der Waals surface area contributed by atoms with Crippen LogP contribution in [0.4, 0.5) is 13.2 Å². The van der Waals surface area contributed by atoms with Gasteiger partial charge in [0.05, 0.1) is 16.6 Å². The van der Waals surface area contributed by atoms with Crippen LogP contribution in [0.25, 0.3) is 11.1 Å². The molecule has 0 bridgehead atoms. The second kappa shape index (κ2) is 14.4. The summed E-state index contributed by atoms with van der Waals surface area (Å²) in [6.07, 6.45) is -1.59. The predicted octanol–water partition coefficient (Wildman–Crippen LogP) is 5.16. The maximum atomic E-state index is 13.8. The minimum atomic E-state index is -4.80. The molecular weight excluding hydrogens is 583 g/mol. The molecule has 0 saturated carbocycles. The van der Waals surface area contributed by atoms with Crippen LogP contribution in [0.15, 0.2) is 71.8 Å². The average molecular weight is 622 g/mol. The molecule has 43 heavy (non-hydrogen) atoms. The average Bonchev–Trinajstić information content (AvgIpc) is 2.95. The molecule has 1 atom stereocenters. The standard InChI is InChI=1S/C31H38F3N3O5S/c1-30(2,15-6-8-26-7-4-5-16-35-26)36-20-27(38)21-37(3)43(41,42)28-18-24(17-25(19-28)31(32,33)34)23-12-9-22(10-13-23)11-14-29(39)40/h4-5,7,9-10,12-13,16-19,27,36,38H,6,8,11,14-15,20-21H2,1-3H3,(H,39,40)/t27-/m1/s1. The molecule has 0 saturated heterocycles. The van der Waals surface area contributed by atoms with E-state index in [9.17, 15) is 31.5 Å². The summed E-state index contributed by atoms with van der Waals surface area (Å²) in [6, 6.07) is 14.6. The highest BCUT2D eigenvalue weighted by Gasteiger charge is 2.34. The van der Waals surface area contributed by atoms with Gasteiger partial charge in [0.25, 0.3) is 0 Å². The van der Waals surface area contributed by atoms with Gasteiger partial charge >= 0.3 is 12.1 Å². The Bertz CT molecular complexity index is 1460. The highest BCUT2D eigenvalue weighted by molar-refractivity contribution is 7.89. The van der Waals surface area contributed by atoms with Gasteiger partial charge in [-0.1, -0.05) is 30.3 Å². The molecule has 0 unspecified atom stereocenters. The van der Waals surface area contributed by atoms with Gasteiger partial charge in [0.1, 0.15) is 0 Å². The first-order chi connectivity index (χ1) is 20.1. The van der Waals surface area contributed by atoms with Crippen molar-refractivity contribution >= 4 is 16.0 Å². The first-order valence-electron chi connectivity index (χ1n) is 13.9. The van der Waals surface area contributed by atoms with Crippen LogP contribution in [-0.2, 0) is 33.8 Å². The summed E-state index contributed by atoms with van der Waals surface area (Å²) in [7, 11) is -3.18. The molecule has 0 spiro atoms. The molecule has 0 aliphatic heterocycles. The summed E-state index contributed by atoms with van der Waals surface area (Å²) in [5.74, 6) is -0.970. The van der Waals surface area contributed by atoms with E-state index in [0.29, 0.717) is 17.2 Å². The smallest absolute Gasteiger partial charge is 0.416 e. The molecule has 3 aromatic rings. The number of rotatable bonds is 15. The molecule has 3 N–H and O–H groups in total. The Kier molecular flexibility index (Phi) is 11.5. The number of pyridine rings is 1. The van der Waals surface area contributed by atoms with Crippen molar-refractivity contribution < 1.29 is 36.6 Å². The zero-order valence-corrected chi connectivity index (χ0v) is 25.3. The molecule has 0 radical (unpaired) electrons. The predicted molar refractivity (Wildman–Crippen MR) is 158 cm³/mol. The number of hydrogen-bond acceptors (Lipinski definition) is 6. The fourth-order valence-corrected chi connectivity index (χ4v) is 5.85. The Morgan fingerprint density at radius 3 is 2.33 bits per heavy atom. The highest BCUT2D eigenvalue weighted by atomic mass is 32.2. The third-order valence-corrected chi connectivity index (χ3v) is 8.90. The highest BCUT2D eigenvalue weighted by Crippen LogP contribution is 2.35. The van der Waals surface area contributed by atoms with E-state index >= 15 is 0 Å². The summed E-state index contributed by atoms with van der Waals surface area (Å²) in [5.41, 5.74) is 0.578. The molecule has 2 aromatic carbocycles. The number of likely N-dealkylation sites (N-methyl/N-ethyl adjacent to an activating group) is 1. The van der Waals surface area contributed by atoms with Crippen LogP contribution in [0.5, 0.6) is 0 Å². The molecule has 0 aliphatic rings. The van der Waals surface area contributed by atoms with Crippen LogP contribution in [0.1, 0.15) is 49.9 Å². The number of aromatic nitrogens is 1. The number of nitrogens with one attached hydrogen (secondary N) is 1. The molecule has 0 fully saturated rings. The summed E-state index contributed by atoms with van der Waals surface area (Å²) >= 11 is 0. The molecular formula is C31H38F3N3O5S. The molecule has 0 aliphatic carbocycles. The summed E-state index contributed by atoms with van der Waals surface area (Å²) in [5, 5.41) is 22.7. The van der Waals surface area contributed by atoms with Crippen LogP contribution in [0, 0.1) is 0 Å². The summed E-state index contributed by atoms with van der Waals surface area (Å²) < 4.78 is 69.0. The Balaban J connectivity index is 1.69. The van der Waals surface area contributed by atoms with E-state index in [2.05, 4.69) is 10.3 Å². The van der Waals surface area contributed by atoms with Crippen molar-refractivity contribution in [2.24, 2.45) is 0 Å². The number of aliphatic hydroxyl groups excluding tert-OH is 1. The summed E-state index contributed by atoms with van der Waals surface area (Å²) in [4.78, 5) is 14.6. The van der Waals surface area contributed by atoms with Crippen molar-refractivity contribution in [3.63, 3.8) is 0 Å². The number of β-amino-alcohol motifs (C(OH)–C–C–N with tert-alkyl or cyclic N) is 1. The van der Waals surface area contributed by atoms with Gasteiger partial charge in [-0.3, -0.25) is 9.78 Å². The van der Waals surface area contributed by atoms with Gasteiger partial charge in [0.2, 0.25) is 10.0 Å². The van der Waals surface area contributed by atoms with Gasteiger partial charge in [0, 0.05) is 44.0 Å². The zero-order chi connectivity index (χ0) is 31.8. The van der Waals surface area contributed by atoms with Gasteiger partial charge in [-0.25, -0.2) is 8.42 Å². The lowest BCUT2D eigenvalue weighted by Crippen LogP contribution is -2.46. The van der Waals surface area contributed by atoms with Crippen molar-refractivity contribution in [2.45, 2.75) is 68.7 Å². The molecule has 1 heterocycles. The Labute approximate surface area is 250 Å². The van der Waals surface area contributed by atoms with Crippen molar-refractivity contribution in [1.29, 1.82) is 0 Å². The molecule has 3 rings (SSSR count). The quantitative estimate of drug-likeness (QED) is 0.215. The Morgan fingerprint density at radius 2 is 1.72 bits per heavy atom. The first-order valence-corrected chi connectivity index (χ1v) is 15.3. The Hall–Kier alpha value is -3.32. The molecule has 234 valence electrons. The maximum Gasteiger partial charge on any atom is 0.416 e. The van der Waals surface area contributed by atoms with Crippen molar-refractivity contribution in [2.75, 3.05) is 20.1 Å². The molecule has 8 nitrogen and oxygen atoms in total. The van der Waals surface area contributed by atoms with Crippen molar-refractivity contribution in [3.05, 3.63) is 83.7 Å². The van der Waals surface area contributed by atoms with Crippen LogP contribution in [0.3, 0.4) is 0 Å². The lowest BCUT2D eigenvalue weighted by atomic mass is 9.96. The lowest BCUT2D eigenvalue weighted by molar-refractivity contribution is -0.138. The van der Waals surface area contributed by atoms with E-state index in [1.54, 1.807) is 18.3 Å². The monoisotopic (exact) mass is 621 g/mol. The summed E-state index contributed by atoms with van der Waals surface area (Å²) in [6.45, 7) is 3.70. The minimum absolute atomic E-state index is 0.0428. The van der Waals surface area contributed by atoms with Crippen molar-refractivity contribution in [1.82, 2.24) is 14.6 Å². The van der Waals surface area contributed by atoms with Gasteiger partial charge in [-0.05, 0) is 86.6 Å². The molecule has 12 heteroatoms. The van der Waals surface area contributed by atoms with Gasteiger partial charge in [0.15, 0.2) is 0 Å². The number of nitrogens with zero attached hydrogens (tertiary/aromatic N) is 2. The van der Waals surface area contributed by atoms with Gasteiger partial charge < -0.3 is 15.5 Å². The number of hydrogen-bond donors (Lipinski definition) is 3. The number of aliphatic hydroxyl groups is 1. The van der Waals surface area contributed by atoms with Gasteiger partial charge in [-0.2, -0.15) is 17.5 Å². The van der Waals surface area contributed by atoms with E-state index in [1.165, 1.54) is 25.2 Å². The van der Waals surface area contributed by atoms with Crippen LogP contribution >= 0.6 is 0 Å². The van der Waals surface area contributed by atoms with E-state index < -0.39 is 38.7 Å².